The quantitative estimate of drug-likeness (QED) is 0.759. The lowest BCUT2D eigenvalue weighted by Crippen LogP contribution is -2.43. The lowest BCUT2D eigenvalue weighted by atomic mass is 10.1. The van der Waals surface area contributed by atoms with Crippen molar-refractivity contribution in [2.75, 3.05) is 6.54 Å². The fraction of sp³-hybridized carbons (Fsp3) is 0.727. The molecule has 0 aromatic carbocycles. The number of nitrogens with zero attached hydrogens (tertiary/aromatic N) is 1. The molecule has 0 spiro atoms. The van der Waals surface area contributed by atoms with E-state index in [4.69, 9.17) is 14.9 Å². The Labute approximate surface area is 104 Å². The van der Waals surface area contributed by atoms with Crippen LogP contribution in [-0.2, 0) is 14.3 Å². The van der Waals surface area contributed by atoms with Crippen molar-refractivity contribution in [3.05, 3.63) is 0 Å². The van der Waals surface area contributed by atoms with Gasteiger partial charge in [-0.25, -0.2) is 9.59 Å². The van der Waals surface area contributed by atoms with Gasteiger partial charge in [0.2, 0.25) is 0 Å². The van der Waals surface area contributed by atoms with Gasteiger partial charge in [0.15, 0.2) is 0 Å². The monoisotopic (exact) mass is 259 g/mol. The third kappa shape index (κ3) is 3.35. The number of aliphatic carboxylic acids is 2. The number of rotatable bonds is 2. The summed E-state index contributed by atoms with van der Waals surface area (Å²) < 4.78 is 5.06. The van der Waals surface area contributed by atoms with Crippen molar-refractivity contribution in [1.82, 2.24) is 4.90 Å². The third-order valence-electron chi connectivity index (χ3n) is 2.56. The highest BCUT2D eigenvalue weighted by molar-refractivity contribution is 5.83. The van der Waals surface area contributed by atoms with E-state index in [1.54, 1.807) is 20.8 Å². The van der Waals surface area contributed by atoms with Crippen LogP contribution in [0.2, 0.25) is 0 Å². The normalized spacial score (nSPS) is 23.8. The van der Waals surface area contributed by atoms with Gasteiger partial charge in [-0.2, -0.15) is 0 Å². The van der Waals surface area contributed by atoms with Gasteiger partial charge in [-0.05, 0) is 27.2 Å². The Hall–Kier alpha value is -1.79. The molecule has 7 nitrogen and oxygen atoms in total. The second-order valence-electron chi connectivity index (χ2n) is 5.26. The molecule has 0 aliphatic carbocycles. The molecular weight excluding hydrogens is 242 g/mol. The summed E-state index contributed by atoms with van der Waals surface area (Å²) >= 11 is 0. The summed E-state index contributed by atoms with van der Waals surface area (Å²) in [5.41, 5.74) is -0.749. The van der Waals surface area contributed by atoms with Crippen molar-refractivity contribution in [2.45, 2.75) is 38.8 Å². The number of carbonyl (C=O) groups is 3. The average Bonchev–Trinajstić information content (AvgIpc) is 2.58. The smallest absolute Gasteiger partial charge is 0.411 e. The standard InChI is InChI=1S/C11H17NO6/c1-11(2,3)18-10(17)12-5-6(8(13)14)4-7(12)9(15)16/h6-7H,4-5H2,1-3H3,(H,13,14)(H,15,16)/t6-,7+/m1/s1. The zero-order valence-electron chi connectivity index (χ0n) is 10.5. The van der Waals surface area contributed by atoms with Crippen LogP contribution < -0.4 is 0 Å². The molecule has 2 N–H and O–H groups in total. The topological polar surface area (TPSA) is 104 Å². The SMILES string of the molecule is CC(C)(C)OC(=O)N1C[C@H](C(=O)O)C[C@H]1C(=O)O. The average molecular weight is 259 g/mol. The van der Waals surface area contributed by atoms with Crippen LogP contribution in [0, 0.1) is 5.92 Å². The lowest BCUT2D eigenvalue weighted by Gasteiger charge is -2.26. The zero-order chi connectivity index (χ0) is 14.1. The molecule has 1 saturated heterocycles. The number of carboxylic acid groups (broad SMARTS) is 2. The molecule has 0 saturated carbocycles. The first-order valence-electron chi connectivity index (χ1n) is 5.57. The predicted molar refractivity (Wildman–Crippen MR) is 60.1 cm³/mol. The van der Waals surface area contributed by atoms with E-state index in [0.717, 1.165) is 4.90 Å². The van der Waals surface area contributed by atoms with Crippen LogP contribution in [0.3, 0.4) is 0 Å². The molecule has 1 amide bonds. The third-order valence-corrected chi connectivity index (χ3v) is 2.56. The van der Waals surface area contributed by atoms with E-state index in [9.17, 15) is 14.4 Å². The number of amides is 1. The van der Waals surface area contributed by atoms with E-state index in [1.807, 2.05) is 0 Å². The van der Waals surface area contributed by atoms with Crippen molar-refractivity contribution in [3.63, 3.8) is 0 Å². The predicted octanol–water partition coefficient (Wildman–Crippen LogP) is 0.781. The fourth-order valence-electron chi connectivity index (χ4n) is 1.77. The van der Waals surface area contributed by atoms with Gasteiger partial charge < -0.3 is 14.9 Å². The fourth-order valence-corrected chi connectivity index (χ4v) is 1.77. The Morgan fingerprint density at radius 1 is 1.17 bits per heavy atom. The molecule has 0 aromatic heterocycles. The van der Waals surface area contributed by atoms with Gasteiger partial charge in [0.25, 0.3) is 0 Å². The summed E-state index contributed by atoms with van der Waals surface area (Å²) in [4.78, 5) is 34.6. The molecule has 0 unspecified atom stereocenters. The largest absolute Gasteiger partial charge is 0.481 e. The second-order valence-corrected chi connectivity index (χ2v) is 5.26. The molecule has 7 heteroatoms. The van der Waals surface area contributed by atoms with E-state index in [2.05, 4.69) is 0 Å². The van der Waals surface area contributed by atoms with E-state index in [-0.39, 0.29) is 13.0 Å². The number of ether oxygens (including phenoxy) is 1. The molecule has 2 atom stereocenters. The van der Waals surface area contributed by atoms with Crippen molar-refractivity contribution >= 4 is 18.0 Å². The molecule has 1 heterocycles. The van der Waals surface area contributed by atoms with Crippen LogP contribution >= 0.6 is 0 Å². The molecule has 0 radical (unpaired) electrons. The molecule has 102 valence electrons. The van der Waals surface area contributed by atoms with Crippen LogP contribution in [0.15, 0.2) is 0 Å². The molecule has 0 bridgehead atoms. The summed E-state index contributed by atoms with van der Waals surface area (Å²) in [5.74, 6) is -3.18. The Bertz CT molecular complexity index is 372. The number of likely N-dealkylation sites (tertiary alicyclic amines) is 1. The Morgan fingerprint density at radius 3 is 2.11 bits per heavy atom. The Kier molecular flexibility index (Phi) is 3.83. The van der Waals surface area contributed by atoms with Crippen LogP contribution in [0.5, 0.6) is 0 Å². The minimum Gasteiger partial charge on any atom is -0.481 e. The van der Waals surface area contributed by atoms with Gasteiger partial charge in [-0.15, -0.1) is 0 Å². The van der Waals surface area contributed by atoms with E-state index in [0.29, 0.717) is 0 Å². The lowest BCUT2D eigenvalue weighted by molar-refractivity contribution is -0.142. The summed E-state index contributed by atoms with van der Waals surface area (Å²) in [5, 5.41) is 17.9. The summed E-state index contributed by atoms with van der Waals surface area (Å²) in [7, 11) is 0. The highest BCUT2D eigenvalue weighted by Crippen LogP contribution is 2.25. The van der Waals surface area contributed by atoms with Crippen LogP contribution in [0.1, 0.15) is 27.2 Å². The molecule has 18 heavy (non-hydrogen) atoms. The van der Waals surface area contributed by atoms with Crippen LogP contribution in [0.4, 0.5) is 4.79 Å². The molecule has 1 aliphatic rings. The minimum absolute atomic E-state index is 0.0933. The summed E-state index contributed by atoms with van der Waals surface area (Å²) in [6, 6.07) is -1.14. The molecule has 1 rings (SSSR count). The highest BCUT2D eigenvalue weighted by Gasteiger charge is 2.44. The Morgan fingerprint density at radius 2 is 1.72 bits per heavy atom. The zero-order valence-corrected chi connectivity index (χ0v) is 10.5. The van der Waals surface area contributed by atoms with Gasteiger partial charge in [0.05, 0.1) is 5.92 Å². The van der Waals surface area contributed by atoms with E-state index in [1.165, 1.54) is 0 Å². The van der Waals surface area contributed by atoms with Gasteiger partial charge in [0.1, 0.15) is 11.6 Å². The maximum absolute atomic E-state index is 11.8. The maximum Gasteiger partial charge on any atom is 0.411 e. The van der Waals surface area contributed by atoms with Gasteiger partial charge in [0, 0.05) is 6.54 Å². The highest BCUT2D eigenvalue weighted by atomic mass is 16.6. The molecule has 0 aromatic rings. The maximum atomic E-state index is 11.8. The first-order chi connectivity index (χ1) is 8.11. The number of hydrogen-bond acceptors (Lipinski definition) is 4. The van der Waals surface area contributed by atoms with Gasteiger partial charge >= 0.3 is 18.0 Å². The van der Waals surface area contributed by atoms with E-state index >= 15 is 0 Å². The second kappa shape index (κ2) is 4.83. The van der Waals surface area contributed by atoms with Crippen molar-refractivity contribution in [3.8, 4) is 0 Å². The van der Waals surface area contributed by atoms with Crippen molar-refractivity contribution < 1.29 is 29.3 Å². The summed E-state index contributed by atoms with van der Waals surface area (Å²) in [6.45, 7) is 4.84. The van der Waals surface area contributed by atoms with Gasteiger partial charge in [-0.1, -0.05) is 0 Å². The van der Waals surface area contributed by atoms with Gasteiger partial charge in [-0.3, -0.25) is 9.69 Å². The van der Waals surface area contributed by atoms with Crippen LogP contribution in [-0.4, -0.2) is 51.3 Å². The first-order valence-corrected chi connectivity index (χ1v) is 5.57. The van der Waals surface area contributed by atoms with E-state index < -0.39 is 35.6 Å². The molecule has 1 aliphatic heterocycles. The Balaban J connectivity index is 2.82. The molecular formula is C11H17NO6. The van der Waals surface area contributed by atoms with Crippen molar-refractivity contribution in [2.24, 2.45) is 5.92 Å². The van der Waals surface area contributed by atoms with Crippen molar-refractivity contribution in [1.29, 1.82) is 0 Å². The summed E-state index contributed by atoms with van der Waals surface area (Å²) in [6.07, 6.45) is -0.886. The number of hydrogen-bond donors (Lipinski definition) is 2. The van der Waals surface area contributed by atoms with Crippen LogP contribution in [0.25, 0.3) is 0 Å². The number of carboxylic acids is 2. The molecule has 1 fully saturated rings. The minimum atomic E-state index is -1.22. The number of carbonyl (C=O) groups excluding carboxylic acids is 1. The first kappa shape index (κ1) is 14.3.